The van der Waals surface area contributed by atoms with Crippen molar-refractivity contribution >= 4 is 5.91 Å². The molecular weight excluding hydrogens is 214 g/mol. The first-order valence-electron chi connectivity index (χ1n) is 5.85. The number of amides is 1. The third kappa shape index (κ3) is 3.86. The summed E-state index contributed by atoms with van der Waals surface area (Å²) >= 11 is 0. The molecule has 1 aromatic carbocycles. The minimum Gasteiger partial charge on any atom is -0.381 e. The van der Waals surface area contributed by atoms with Crippen LogP contribution in [0.4, 0.5) is 0 Å². The topological polar surface area (TPSA) is 40.5 Å². The second-order valence-corrected chi connectivity index (χ2v) is 4.96. The summed E-state index contributed by atoms with van der Waals surface area (Å²) in [7, 11) is 1.72. The smallest absolute Gasteiger partial charge is 0.253 e. The highest BCUT2D eigenvalue weighted by Gasteiger charge is 2.26. The predicted molar refractivity (Wildman–Crippen MR) is 68.8 cm³/mol. The summed E-state index contributed by atoms with van der Waals surface area (Å²) in [6, 6.07) is 8.13. The molecule has 0 aliphatic heterocycles. The molecule has 0 saturated heterocycles. The lowest BCUT2D eigenvalue weighted by Gasteiger charge is -2.25. The maximum Gasteiger partial charge on any atom is 0.253 e. The van der Waals surface area contributed by atoms with Crippen LogP contribution in [0.2, 0.25) is 0 Å². The summed E-state index contributed by atoms with van der Waals surface area (Å²) in [6.07, 6.45) is 0.811. The van der Waals surface area contributed by atoms with E-state index in [1.807, 2.05) is 12.1 Å². The van der Waals surface area contributed by atoms with Crippen LogP contribution in [-0.4, -0.2) is 35.1 Å². The minimum absolute atomic E-state index is 0.244. The molecule has 0 radical (unpaired) electrons. The zero-order valence-electron chi connectivity index (χ0n) is 11.0. The molecule has 0 bridgehead atoms. The highest BCUT2D eigenvalue weighted by molar-refractivity contribution is 5.83. The van der Waals surface area contributed by atoms with Gasteiger partial charge in [-0.05, 0) is 38.3 Å². The van der Waals surface area contributed by atoms with Gasteiger partial charge in [-0.25, -0.2) is 0 Å². The van der Waals surface area contributed by atoms with Gasteiger partial charge in [-0.15, -0.1) is 0 Å². The third-order valence-corrected chi connectivity index (χ3v) is 2.85. The molecule has 1 N–H and O–H groups in total. The van der Waals surface area contributed by atoms with E-state index in [-0.39, 0.29) is 5.91 Å². The molecule has 1 aromatic rings. The Hall–Kier alpha value is -1.35. The van der Waals surface area contributed by atoms with Crippen LogP contribution in [-0.2, 0) is 11.2 Å². The number of aryl methyl sites for hydroxylation is 1. The molecule has 0 aliphatic rings. The first-order chi connectivity index (χ1) is 7.82. The Morgan fingerprint density at radius 2 is 1.94 bits per heavy atom. The van der Waals surface area contributed by atoms with Gasteiger partial charge in [0.05, 0.1) is 0 Å². The normalized spacial score (nSPS) is 11.4. The summed E-state index contributed by atoms with van der Waals surface area (Å²) in [4.78, 5) is 13.3. The van der Waals surface area contributed by atoms with Crippen molar-refractivity contribution in [3.05, 3.63) is 35.4 Å². The molecule has 0 spiro atoms. The van der Waals surface area contributed by atoms with E-state index in [4.69, 9.17) is 0 Å². The number of likely N-dealkylation sites (N-methyl/N-ethyl adjacent to an activating group) is 1. The van der Waals surface area contributed by atoms with Gasteiger partial charge >= 0.3 is 0 Å². The van der Waals surface area contributed by atoms with Crippen molar-refractivity contribution in [2.24, 2.45) is 0 Å². The fraction of sp³-hybridized carbons (Fsp3) is 0.500. The molecule has 0 aromatic heterocycles. The van der Waals surface area contributed by atoms with Crippen LogP contribution >= 0.6 is 0 Å². The number of hydrogen-bond acceptors (Lipinski definition) is 2. The largest absolute Gasteiger partial charge is 0.381 e. The molecular formula is C14H21NO2. The molecule has 0 saturated carbocycles. The van der Waals surface area contributed by atoms with Crippen LogP contribution in [0.3, 0.4) is 0 Å². The number of nitrogens with zero attached hydrogens (tertiary/aromatic N) is 1. The molecule has 0 atom stereocenters. The Balaban J connectivity index is 2.58. The van der Waals surface area contributed by atoms with Crippen molar-refractivity contribution in [3.63, 3.8) is 0 Å². The highest BCUT2D eigenvalue weighted by atomic mass is 16.3. The van der Waals surface area contributed by atoms with Gasteiger partial charge < -0.3 is 10.0 Å². The monoisotopic (exact) mass is 235 g/mol. The second-order valence-electron chi connectivity index (χ2n) is 4.96. The molecule has 0 unspecified atom stereocenters. The lowest BCUT2D eigenvalue weighted by Crippen LogP contribution is -2.43. The van der Waals surface area contributed by atoms with Crippen molar-refractivity contribution in [1.29, 1.82) is 0 Å². The first kappa shape index (κ1) is 13.7. The number of rotatable bonds is 4. The van der Waals surface area contributed by atoms with Gasteiger partial charge in [0.2, 0.25) is 0 Å². The van der Waals surface area contributed by atoms with Crippen LogP contribution in [0, 0.1) is 6.92 Å². The average Bonchev–Trinajstić information content (AvgIpc) is 2.25. The number of hydrogen-bond donors (Lipinski definition) is 1. The van der Waals surface area contributed by atoms with E-state index >= 15 is 0 Å². The van der Waals surface area contributed by atoms with E-state index in [1.54, 1.807) is 11.9 Å². The average molecular weight is 235 g/mol. The molecule has 3 heteroatoms. The van der Waals surface area contributed by atoms with Gasteiger partial charge in [-0.3, -0.25) is 4.79 Å². The van der Waals surface area contributed by atoms with Crippen molar-refractivity contribution in [2.45, 2.75) is 32.8 Å². The minimum atomic E-state index is -1.29. The van der Waals surface area contributed by atoms with Crippen LogP contribution in [0.1, 0.15) is 25.0 Å². The number of carbonyl (C=O) groups excluding carboxylic acids is 1. The van der Waals surface area contributed by atoms with E-state index < -0.39 is 5.60 Å². The zero-order chi connectivity index (χ0) is 13.1. The number of aliphatic hydroxyl groups is 1. The Kier molecular flexibility index (Phi) is 4.29. The molecule has 0 heterocycles. The van der Waals surface area contributed by atoms with Crippen LogP contribution in [0.15, 0.2) is 24.3 Å². The molecule has 3 nitrogen and oxygen atoms in total. The second kappa shape index (κ2) is 5.32. The van der Waals surface area contributed by atoms with Crippen LogP contribution in [0.5, 0.6) is 0 Å². The number of carbonyl (C=O) groups is 1. The van der Waals surface area contributed by atoms with Crippen molar-refractivity contribution < 1.29 is 9.90 Å². The molecule has 0 fully saturated rings. The summed E-state index contributed by atoms with van der Waals surface area (Å²) in [5, 5.41) is 9.62. The van der Waals surface area contributed by atoms with Gasteiger partial charge in [0.25, 0.3) is 5.91 Å². The van der Waals surface area contributed by atoms with E-state index in [9.17, 15) is 9.90 Å². The summed E-state index contributed by atoms with van der Waals surface area (Å²) in [5.41, 5.74) is 1.18. The van der Waals surface area contributed by atoms with E-state index in [1.165, 1.54) is 25.0 Å². The van der Waals surface area contributed by atoms with Crippen molar-refractivity contribution in [1.82, 2.24) is 4.90 Å². The van der Waals surface area contributed by atoms with Crippen LogP contribution < -0.4 is 0 Å². The van der Waals surface area contributed by atoms with E-state index in [0.29, 0.717) is 6.54 Å². The van der Waals surface area contributed by atoms with Crippen molar-refractivity contribution in [2.75, 3.05) is 13.6 Å². The lowest BCUT2D eigenvalue weighted by molar-refractivity contribution is -0.146. The standard InChI is InChI=1S/C14H21NO2/c1-11-7-5-6-8-12(11)9-10-15(4)13(16)14(2,3)17/h5-8,17H,9-10H2,1-4H3. The van der Waals surface area contributed by atoms with Gasteiger partial charge in [0.15, 0.2) is 0 Å². The molecule has 94 valence electrons. The van der Waals surface area contributed by atoms with Crippen LogP contribution in [0.25, 0.3) is 0 Å². The summed E-state index contributed by atoms with van der Waals surface area (Å²) in [6.45, 7) is 5.71. The molecule has 1 amide bonds. The lowest BCUT2D eigenvalue weighted by atomic mass is 10.0. The number of benzene rings is 1. The maximum atomic E-state index is 11.7. The summed E-state index contributed by atoms with van der Waals surface area (Å²) < 4.78 is 0. The quantitative estimate of drug-likeness (QED) is 0.864. The van der Waals surface area contributed by atoms with Gasteiger partial charge in [-0.2, -0.15) is 0 Å². The highest BCUT2D eigenvalue weighted by Crippen LogP contribution is 2.10. The van der Waals surface area contributed by atoms with E-state index in [0.717, 1.165) is 6.42 Å². The zero-order valence-corrected chi connectivity index (χ0v) is 11.0. The third-order valence-electron chi connectivity index (χ3n) is 2.85. The Morgan fingerprint density at radius 1 is 1.35 bits per heavy atom. The van der Waals surface area contributed by atoms with E-state index in [2.05, 4.69) is 19.1 Å². The Bertz CT molecular complexity index is 393. The molecule has 0 aliphatic carbocycles. The van der Waals surface area contributed by atoms with Gasteiger partial charge in [0.1, 0.15) is 5.60 Å². The van der Waals surface area contributed by atoms with Gasteiger partial charge in [-0.1, -0.05) is 24.3 Å². The van der Waals surface area contributed by atoms with Gasteiger partial charge in [0, 0.05) is 13.6 Å². The maximum absolute atomic E-state index is 11.7. The Morgan fingerprint density at radius 3 is 2.47 bits per heavy atom. The SMILES string of the molecule is Cc1ccccc1CCN(C)C(=O)C(C)(C)O. The van der Waals surface area contributed by atoms with Crippen molar-refractivity contribution in [3.8, 4) is 0 Å². The predicted octanol–water partition coefficient (Wildman–Crippen LogP) is 1.77. The molecule has 1 rings (SSSR count). The summed E-state index contributed by atoms with van der Waals surface area (Å²) in [5.74, 6) is -0.244. The first-order valence-corrected chi connectivity index (χ1v) is 5.85. The fourth-order valence-corrected chi connectivity index (χ4v) is 1.75. The molecule has 17 heavy (non-hydrogen) atoms. The Labute approximate surface area is 103 Å². The fourth-order valence-electron chi connectivity index (χ4n) is 1.75.